The van der Waals surface area contributed by atoms with E-state index in [4.69, 9.17) is 0 Å². The molecule has 0 saturated carbocycles. The van der Waals surface area contributed by atoms with Gasteiger partial charge in [-0.1, -0.05) is 0 Å². The third-order valence-corrected chi connectivity index (χ3v) is 13.2. The molecule has 2 heteroatoms. The van der Waals surface area contributed by atoms with Crippen molar-refractivity contribution in [3.63, 3.8) is 0 Å². The van der Waals surface area contributed by atoms with Crippen LogP contribution in [0.4, 0.5) is 5.69 Å². The molecule has 0 atom stereocenters. The van der Waals surface area contributed by atoms with Gasteiger partial charge in [-0.15, -0.1) is 0 Å². The van der Waals surface area contributed by atoms with E-state index in [9.17, 15) is 0 Å². The minimum atomic E-state index is -2.28. The normalized spacial score (nSPS) is 12.5. The summed E-state index contributed by atoms with van der Waals surface area (Å²) in [4.78, 5) is 2.34. The van der Waals surface area contributed by atoms with Crippen molar-refractivity contribution < 1.29 is 0 Å². The molecule has 0 aliphatic rings. The molecule has 0 aliphatic heterocycles. The van der Waals surface area contributed by atoms with Crippen molar-refractivity contribution in [2.24, 2.45) is 0 Å². The molecule has 0 bridgehead atoms. The number of rotatable bonds is 7. The van der Waals surface area contributed by atoms with Crippen molar-refractivity contribution in [3.05, 3.63) is 120 Å². The van der Waals surface area contributed by atoms with Crippen LogP contribution >= 0.6 is 7.26 Å². The van der Waals surface area contributed by atoms with Crippen LogP contribution in [0.2, 0.25) is 0 Å². The molecule has 4 aromatic rings. The molecule has 0 aliphatic carbocycles. The zero-order valence-corrected chi connectivity index (χ0v) is 23.1. The van der Waals surface area contributed by atoms with Gasteiger partial charge < -0.3 is 0 Å². The van der Waals surface area contributed by atoms with Crippen molar-refractivity contribution in [3.8, 4) is 0 Å². The summed E-state index contributed by atoms with van der Waals surface area (Å²) >= 11 is 0. The van der Waals surface area contributed by atoms with Gasteiger partial charge >= 0.3 is 213 Å². The predicted octanol–water partition coefficient (Wildman–Crippen LogP) is 7.27. The number of hydrogen-bond donors (Lipinski definition) is 0. The average Bonchev–Trinajstić information content (AvgIpc) is 2.86. The summed E-state index contributed by atoms with van der Waals surface area (Å²) in [5.41, 5.74) is 3.98. The van der Waals surface area contributed by atoms with Crippen LogP contribution in [-0.2, 0) is 6.54 Å². The van der Waals surface area contributed by atoms with E-state index < -0.39 is 7.26 Å². The van der Waals surface area contributed by atoms with Gasteiger partial charge in [-0.2, -0.15) is 0 Å². The second-order valence-corrected chi connectivity index (χ2v) is 15.8. The molecule has 4 aromatic carbocycles. The average molecular weight is 482 g/mol. The zero-order valence-electron chi connectivity index (χ0n) is 22.1. The van der Waals surface area contributed by atoms with Gasteiger partial charge in [-0.05, 0) is 0 Å². The maximum atomic E-state index is 2.42. The van der Waals surface area contributed by atoms with Gasteiger partial charge in [0.05, 0.1) is 0 Å². The first kappa shape index (κ1) is 25.2. The van der Waals surface area contributed by atoms with E-state index in [1.165, 1.54) is 32.7 Å². The van der Waals surface area contributed by atoms with Crippen LogP contribution in [0, 0.1) is 0 Å². The summed E-state index contributed by atoms with van der Waals surface area (Å²) in [6.07, 6.45) is 0. The Hall–Kier alpha value is -2.89. The van der Waals surface area contributed by atoms with E-state index in [2.05, 4.69) is 156 Å². The molecule has 0 saturated heterocycles. The van der Waals surface area contributed by atoms with Gasteiger partial charge in [-0.25, -0.2) is 0 Å². The molecule has 0 unspecified atom stereocenters. The van der Waals surface area contributed by atoms with E-state index in [-0.39, 0.29) is 5.16 Å². The van der Waals surface area contributed by atoms with Crippen LogP contribution in [-0.4, -0.2) is 12.2 Å². The van der Waals surface area contributed by atoms with Crippen molar-refractivity contribution in [1.82, 2.24) is 0 Å². The SMILES string of the molecule is CC(C)c1ccc(N(C)Cc2ccc([PH](c3ccccc3)(c3ccccc3)C(C)(C)C)cc2)cc1. The van der Waals surface area contributed by atoms with Crippen LogP contribution in [0.3, 0.4) is 0 Å². The van der Waals surface area contributed by atoms with E-state index in [0.29, 0.717) is 5.92 Å². The number of hydrogen-bond acceptors (Lipinski definition) is 1. The van der Waals surface area contributed by atoms with Crippen LogP contribution < -0.4 is 20.8 Å². The van der Waals surface area contributed by atoms with Crippen LogP contribution in [0.15, 0.2) is 109 Å². The zero-order chi connectivity index (χ0) is 25.1. The Balaban J connectivity index is 1.71. The fraction of sp³-hybridized carbons (Fsp3) is 0.273. The van der Waals surface area contributed by atoms with Gasteiger partial charge in [0, 0.05) is 0 Å². The van der Waals surface area contributed by atoms with Gasteiger partial charge in [0.15, 0.2) is 0 Å². The topological polar surface area (TPSA) is 3.24 Å². The van der Waals surface area contributed by atoms with Crippen LogP contribution in [0.25, 0.3) is 0 Å². The Morgan fingerprint density at radius 3 is 1.51 bits per heavy atom. The van der Waals surface area contributed by atoms with E-state index in [1.54, 1.807) is 0 Å². The Morgan fingerprint density at radius 1 is 0.629 bits per heavy atom. The van der Waals surface area contributed by atoms with Crippen molar-refractivity contribution in [2.75, 3.05) is 11.9 Å². The second kappa shape index (κ2) is 10.4. The molecule has 0 N–H and O–H groups in total. The maximum absolute atomic E-state index is 2.42. The number of anilines is 1. The molecule has 0 heterocycles. The molecule has 0 radical (unpaired) electrons. The predicted molar refractivity (Wildman–Crippen MR) is 159 cm³/mol. The molecule has 0 amide bonds. The van der Waals surface area contributed by atoms with E-state index >= 15 is 0 Å². The minimum absolute atomic E-state index is 0.103. The van der Waals surface area contributed by atoms with Gasteiger partial charge in [-0.3, -0.25) is 0 Å². The summed E-state index contributed by atoms with van der Waals surface area (Å²) in [6.45, 7) is 12.6. The Bertz CT molecular complexity index is 1160. The molecular weight excluding hydrogens is 441 g/mol. The fourth-order valence-electron chi connectivity index (χ4n) is 5.51. The first-order chi connectivity index (χ1) is 16.7. The molecule has 182 valence electrons. The van der Waals surface area contributed by atoms with Crippen molar-refractivity contribution >= 4 is 28.9 Å². The first-order valence-electron chi connectivity index (χ1n) is 12.7. The van der Waals surface area contributed by atoms with E-state index in [0.717, 1.165) is 6.54 Å². The quantitative estimate of drug-likeness (QED) is 0.251. The molecule has 4 rings (SSSR count). The monoisotopic (exact) mass is 481 g/mol. The number of benzene rings is 4. The molecule has 0 spiro atoms. The molecule has 35 heavy (non-hydrogen) atoms. The first-order valence-corrected chi connectivity index (χ1v) is 14.7. The second-order valence-electron chi connectivity index (χ2n) is 11.0. The van der Waals surface area contributed by atoms with Crippen molar-refractivity contribution in [1.29, 1.82) is 0 Å². The van der Waals surface area contributed by atoms with E-state index in [1.807, 2.05) is 0 Å². The Kier molecular flexibility index (Phi) is 7.48. The third-order valence-electron chi connectivity index (χ3n) is 7.35. The van der Waals surface area contributed by atoms with Gasteiger partial charge in [0.25, 0.3) is 0 Å². The van der Waals surface area contributed by atoms with Gasteiger partial charge in [0.2, 0.25) is 0 Å². The van der Waals surface area contributed by atoms with Crippen LogP contribution in [0.1, 0.15) is 51.7 Å². The molecule has 0 aromatic heterocycles. The van der Waals surface area contributed by atoms with Crippen LogP contribution in [0.5, 0.6) is 0 Å². The fourth-order valence-corrected chi connectivity index (χ4v) is 11.2. The summed E-state index contributed by atoms with van der Waals surface area (Å²) in [7, 11) is -0.102. The molecule has 0 fully saturated rings. The summed E-state index contributed by atoms with van der Waals surface area (Å²) in [5, 5.41) is 4.50. The Morgan fingerprint density at radius 2 is 1.09 bits per heavy atom. The summed E-state index contributed by atoms with van der Waals surface area (Å²) in [6, 6.07) is 40.9. The molecule has 1 nitrogen and oxygen atoms in total. The molecular formula is C33H40NP. The number of nitrogens with zero attached hydrogens (tertiary/aromatic N) is 1. The Labute approximate surface area is 213 Å². The summed E-state index contributed by atoms with van der Waals surface area (Å²) < 4.78 is 0. The standard InChI is InChI=1S/C33H40NP/c1-26(2)28-19-21-29(22-20-28)34(6)25-27-17-23-32(24-18-27)35(33(3,4)5,30-13-9-7-10-14-30)31-15-11-8-12-16-31/h7-24,26,35H,25H2,1-6H3. The van der Waals surface area contributed by atoms with Gasteiger partial charge in [0.1, 0.15) is 0 Å². The van der Waals surface area contributed by atoms with Crippen molar-refractivity contribution in [2.45, 2.75) is 52.2 Å². The summed E-state index contributed by atoms with van der Waals surface area (Å²) in [5.74, 6) is 0.559. The third kappa shape index (κ3) is 5.07.